The average Bonchev–Trinajstić information content (AvgIpc) is 3.52. The first-order valence-corrected chi connectivity index (χ1v) is 25.0. The van der Waals surface area contributed by atoms with Crippen molar-refractivity contribution in [2.75, 3.05) is 0 Å². The van der Waals surface area contributed by atoms with Crippen LogP contribution in [0.15, 0.2) is 0 Å². The molecule has 0 bridgehead atoms. The van der Waals surface area contributed by atoms with Crippen LogP contribution < -0.4 is 0 Å². The van der Waals surface area contributed by atoms with Crippen LogP contribution in [0, 0.1) is 0 Å². The van der Waals surface area contributed by atoms with Crippen molar-refractivity contribution in [3.8, 4) is 0 Å². The summed E-state index contributed by atoms with van der Waals surface area (Å²) in [5, 5.41) is 25.5. The number of hydrogen-bond donors (Lipinski definition) is 2. The van der Waals surface area contributed by atoms with E-state index in [1.165, 1.54) is 61.5 Å². The Hall–Kier alpha value is 1.74. The molecule has 0 saturated carbocycles. The quantitative estimate of drug-likeness (QED) is 0.372. The second-order valence-electron chi connectivity index (χ2n) is 17.7. The fourth-order valence-electron chi connectivity index (χ4n) is 21.4. The zero-order valence-electron chi connectivity index (χ0n) is 20.0. The van der Waals surface area contributed by atoms with E-state index >= 15 is 0 Å². The molecule has 2 nitrogen and oxygen atoms in total. The number of fused-ring (bicyclic) bond motifs is 10. The first-order chi connectivity index (χ1) is 12.8. The van der Waals surface area contributed by atoms with Crippen molar-refractivity contribution in [1.82, 2.24) is 0 Å². The molecule has 10 aliphatic rings. The van der Waals surface area contributed by atoms with Crippen LogP contribution in [0.2, 0.25) is 67.6 Å². The molecule has 12 unspecified atom stereocenters. The molecule has 0 aliphatic carbocycles. The van der Waals surface area contributed by atoms with Gasteiger partial charge in [0.25, 0.3) is 0 Å². The Morgan fingerprint density at radius 1 is 0.690 bits per heavy atom. The third-order valence-electron chi connectivity index (χ3n) is 21.7. The zero-order chi connectivity index (χ0) is 21.1. The van der Waals surface area contributed by atoms with Gasteiger partial charge in [-0.05, 0) is 0 Å². The molecule has 0 aromatic heterocycles. The molecular weight excluding hydrogens is 497 g/mol. The number of rotatable bonds is 6. The third-order valence-corrected chi connectivity index (χ3v) is 80.9. The van der Waals surface area contributed by atoms with Crippen molar-refractivity contribution in [3.05, 3.63) is 0 Å². The van der Waals surface area contributed by atoms with Crippen LogP contribution in [-0.4, -0.2) is 82.9 Å². The summed E-state index contributed by atoms with van der Waals surface area (Å²) < 4.78 is 1.55. The molecule has 9 heteroatoms. The summed E-state index contributed by atoms with van der Waals surface area (Å²) in [6.45, 7) is 5.85. The van der Waals surface area contributed by atoms with E-state index in [-0.39, 0.29) is 11.2 Å². The van der Waals surface area contributed by atoms with E-state index in [2.05, 4.69) is 27.7 Å². The van der Waals surface area contributed by atoms with Crippen molar-refractivity contribution in [1.29, 1.82) is 0 Å². The fraction of sp³-hybridized carbons (Fsp3) is 1.00. The van der Waals surface area contributed by atoms with E-state index in [1.54, 1.807) is 0 Å². The van der Waals surface area contributed by atoms with Crippen LogP contribution >= 0.6 is 0 Å². The van der Waals surface area contributed by atoms with Gasteiger partial charge in [-0.3, -0.25) is 0 Å². The fourth-order valence-corrected chi connectivity index (χ4v) is 104. The first-order valence-electron chi connectivity index (χ1n) is 12.5. The van der Waals surface area contributed by atoms with E-state index in [0.717, 1.165) is 49.6 Å². The van der Waals surface area contributed by atoms with Gasteiger partial charge in [0.1, 0.15) is 0 Å². The van der Waals surface area contributed by atoms with Crippen molar-refractivity contribution < 1.29 is 16.7 Å². The van der Waals surface area contributed by atoms with Crippen LogP contribution in [0.1, 0.15) is 27.7 Å². The van der Waals surface area contributed by atoms with Gasteiger partial charge in [-0.2, -0.15) is 0 Å². The second-order valence-corrected chi connectivity index (χ2v) is 56.6. The van der Waals surface area contributed by atoms with Gasteiger partial charge >= 0.3 is 185 Å². The van der Waals surface area contributed by atoms with Crippen molar-refractivity contribution >= 4 is 61.5 Å². The zero-order valence-corrected chi connectivity index (χ0v) is 33.1. The normalized spacial score (nSPS) is 89.4. The molecule has 166 valence electrons. The topological polar surface area (TPSA) is 40.5 Å². The van der Waals surface area contributed by atoms with Crippen LogP contribution in [-0.2, 0) is 6.51 Å². The maximum atomic E-state index is 12.8. The van der Waals surface area contributed by atoms with Gasteiger partial charge in [-0.15, -0.1) is 0 Å². The molecule has 2 N–H and O–H groups in total. The van der Waals surface area contributed by atoms with E-state index < -0.39 is 6.51 Å². The molecule has 1 spiro atoms. The maximum absolute atomic E-state index is 12.8. The summed E-state index contributed by atoms with van der Waals surface area (Å²) in [5.41, 5.74) is 0.822. The molecule has 0 radical (unpaired) electrons. The van der Waals surface area contributed by atoms with Gasteiger partial charge in [-0.1, -0.05) is 0 Å². The molecule has 0 aromatic carbocycles. The Balaban J connectivity index is 1.32. The van der Waals surface area contributed by atoms with Gasteiger partial charge in [0.05, 0.1) is 0 Å². The van der Waals surface area contributed by atoms with Gasteiger partial charge in [-0.25, -0.2) is 0 Å². The second kappa shape index (κ2) is 1.93. The van der Waals surface area contributed by atoms with Gasteiger partial charge in [0, 0.05) is 0 Å². The van der Waals surface area contributed by atoms with Crippen LogP contribution in [0.25, 0.3) is 0 Å². The van der Waals surface area contributed by atoms with Crippen LogP contribution in [0.4, 0.5) is 0 Å². The molecular formula is C20H42FeO2Si6. The molecule has 12 atom stereocenters. The standard InChI is InChI=1S/2C10H21OSi3.Fe/c2*1-7(12)10(13,14)9(2,11)8-5-3-4-6-8;/h2*3-7,11H,1-2,12-14H3;. The summed E-state index contributed by atoms with van der Waals surface area (Å²) in [5.74, 6) is 0. The summed E-state index contributed by atoms with van der Waals surface area (Å²) in [6, 6.07) is 0. The van der Waals surface area contributed by atoms with Gasteiger partial charge < -0.3 is 0 Å². The van der Waals surface area contributed by atoms with E-state index in [9.17, 15) is 10.2 Å². The predicted molar refractivity (Wildman–Crippen MR) is 141 cm³/mol. The monoisotopic (exact) mass is 538 g/mol. The average molecular weight is 539 g/mol. The van der Waals surface area contributed by atoms with Gasteiger partial charge in [0.15, 0.2) is 0 Å². The molecule has 10 saturated heterocycles. The van der Waals surface area contributed by atoms with E-state index in [4.69, 9.17) is 0 Å². The van der Waals surface area contributed by atoms with Crippen molar-refractivity contribution in [2.45, 2.75) is 106 Å². The molecule has 0 aromatic rings. The summed E-state index contributed by atoms with van der Waals surface area (Å²) in [7, 11) is 7.23. The van der Waals surface area contributed by atoms with Gasteiger partial charge in [0.2, 0.25) is 0 Å². The first kappa shape index (κ1) is 17.2. The van der Waals surface area contributed by atoms with Crippen LogP contribution in [0.3, 0.4) is 0 Å². The number of aliphatic hydroxyl groups is 2. The summed E-state index contributed by atoms with van der Waals surface area (Å²) in [6.07, 6.45) is 0. The van der Waals surface area contributed by atoms with Crippen molar-refractivity contribution in [3.63, 3.8) is 0 Å². The molecule has 10 fully saturated rings. The minimum absolute atomic E-state index is 0.314. The molecule has 29 heavy (non-hydrogen) atoms. The molecule has 0 amide bonds. The number of hydrogen-bond acceptors (Lipinski definition) is 2. The Labute approximate surface area is 183 Å². The minimum atomic E-state index is -3.92. The Morgan fingerprint density at radius 2 is 0.931 bits per heavy atom. The summed E-state index contributed by atoms with van der Waals surface area (Å²) in [4.78, 5) is 8.81. The third kappa shape index (κ3) is 0.301. The van der Waals surface area contributed by atoms with Crippen molar-refractivity contribution in [2.24, 2.45) is 0 Å². The van der Waals surface area contributed by atoms with E-state index in [0.29, 0.717) is 17.9 Å². The Kier molecular flexibility index (Phi) is 1.15. The molecule has 10 rings (SSSR count). The Bertz CT molecular complexity index is 1280. The predicted octanol–water partition coefficient (Wildman–Crippen LogP) is -2.34. The Morgan fingerprint density at radius 3 is 1.10 bits per heavy atom. The van der Waals surface area contributed by atoms with E-state index in [1.807, 2.05) is 0 Å². The molecule has 10 heterocycles. The molecule has 10 aliphatic heterocycles. The SMILES string of the molecule is CC([SiH3])C([SiH3])([SiH3])C(C)(O)[C]12[CH]3[CH]4[CH]5[CH]1[Fe]45321678[CH]2[CH]1[CH]6[C]7(C(C)(O)C([SiH3])([SiH3])C(C)[SiH3])[CH]28. The van der Waals surface area contributed by atoms with Crippen LogP contribution in [0.5, 0.6) is 0 Å². The summed E-state index contributed by atoms with van der Waals surface area (Å²) >= 11 is 0.